The van der Waals surface area contributed by atoms with Crippen LogP contribution in [0.25, 0.3) is 0 Å². The van der Waals surface area contributed by atoms with Crippen LogP contribution in [0, 0.1) is 35.0 Å². The summed E-state index contributed by atoms with van der Waals surface area (Å²) in [4.78, 5) is 144. The lowest BCUT2D eigenvalue weighted by Crippen LogP contribution is -2.45. The van der Waals surface area contributed by atoms with E-state index in [2.05, 4.69) is 21.3 Å². The van der Waals surface area contributed by atoms with Crippen molar-refractivity contribution >= 4 is 64.4 Å². The molecule has 0 radical (unpaired) electrons. The van der Waals surface area contributed by atoms with Crippen molar-refractivity contribution in [1.29, 1.82) is 0 Å². The number of Topliss-reactive ketones (excluding diaryl/α,β-unsaturated/α-hetero) is 5. The topological polar surface area (TPSA) is 311 Å². The van der Waals surface area contributed by atoms with Gasteiger partial charge in [0.1, 0.15) is 5.78 Å². The number of unbranched alkanes of at least 4 members (excludes halogenated alkanes) is 1. The summed E-state index contributed by atoms with van der Waals surface area (Å²) in [6.07, 6.45) is 1.99. The van der Waals surface area contributed by atoms with E-state index < -0.39 is 95.3 Å². The van der Waals surface area contributed by atoms with Crippen LogP contribution in [0.5, 0.6) is 0 Å². The molecule has 2 aliphatic rings. The minimum absolute atomic E-state index is 0.0220. The van der Waals surface area contributed by atoms with Crippen LogP contribution in [0.3, 0.4) is 0 Å². The molecule has 0 saturated carbocycles. The second kappa shape index (κ2) is 29.2. The highest BCUT2D eigenvalue weighted by Crippen LogP contribution is 2.28. The quantitative estimate of drug-likeness (QED) is 0.0456. The predicted octanol–water partition coefficient (Wildman–Crippen LogP) is 2.47. The number of carboxylic acid groups (broad SMARTS) is 1. The molecule has 384 valence electrons. The maximum absolute atomic E-state index is 13.7. The van der Waals surface area contributed by atoms with Gasteiger partial charge in [-0.1, -0.05) is 48.0 Å². The number of hydrogen-bond donors (Lipinski definition) is 7. The van der Waals surface area contributed by atoms with Crippen molar-refractivity contribution < 1.29 is 57.8 Å². The van der Waals surface area contributed by atoms with Gasteiger partial charge < -0.3 is 42.7 Å². The summed E-state index contributed by atoms with van der Waals surface area (Å²) in [6, 6.07) is -3.26. The fraction of sp³-hybridized carbons (Fsp3) is 0.776. The van der Waals surface area contributed by atoms with Gasteiger partial charge in [-0.2, -0.15) is 0 Å². The summed E-state index contributed by atoms with van der Waals surface area (Å²) in [5.74, 6) is -8.38. The molecule has 2 rings (SSSR count). The van der Waals surface area contributed by atoms with Crippen LogP contribution in [-0.2, 0) is 52.7 Å². The first-order valence-electron chi connectivity index (χ1n) is 24.6. The molecule has 0 unspecified atom stereocenters. The minimum Gasteiger partial charge on any atom is -0.481 e. The van der Waals surface area contributed by atoms with E-state index in [1.807, 2.05) is 41.5 Å². The molecular formula is C49H81N7O12. The molecule has 0 aliphatic carbocycles. The zero-order chi connectivity index (χ0) is 51.3. The first kappa shape index (κ1) is 59.2. The van der Waals surface area contributed by atoms with E-state index in [4.69, 9.17) is 11.5 Å². The average molecular weight is 960 g/mol. The molecule has 7 atom stereocenters. The molecule has 2 aliphatic heterocycles. The summed E-state index contributed by atoms with van der Waals surface area (Å²) in [7, 11) is 0. The Bertz CT molecular complexity index is 1800. The maximum atomic E-state index is 13.7. The number of hydrogen-bond acceptors (Lipinski definition) is 13. The summed E-state index contributed by atoms with van der Waals surface area (Å²) in [5, 5.41) is 20.7. The van der Waals surface area contributed by atoms with Gasteiger partial charge >= 0.3 is 5.97 Å². The molecular weight excluding hydrogens is 879 g/mol. The van der Waals surface area contributed by atoms with E-state index in [0.29, 0.717) is 58.2 Å². The molecule has 68 heavy (non-hydrogen) atoms. The van der Waals surface area contributed by atoms with Crippen molar-refractivity contribution in [3.8, 4) is 0 Å². The third kappa shape index (κ3) is 21.6. The number of amides is 5. The molecule has 9 N–H and O–H groups in total. The van der Waals surface area contributed by atoms with Gasteiger partial charge in [-0.05, 0) is 82.1 Å². The standard InChI is InChI=1S/C49H81N7O12/c1-29(2)21-33(47(66)54-31(5)39(58)15-18-45(64)56-20-10-12-38(56)42(61)24-32(48(67)68)11-8-9-19-50)23-35(57)27-52-46(65)34(22-30(3)4)25-41(60)36(13-16-43(51)62)55-44(63)17-14-40(59)37-26-49(6,7)28-53-37/h29-34,36-38,53H,8-28,50H2,1-7H3,(H2,51,62)(H,52,65)(H,54,66)(H,55,63)(H,67,68)/t31-,32+,33+,34+,36-,37-,38-/m0/s1. The van der Waals surface area contributed by atoms with E-state index in [1.165, 1.54) is 11.8 Å². The Morgan fingerprint density at radius 1 is 0.735 bits per heavy atom. The van der Waals surface area contributed by atoms with Gasteiger partial charge in [0.2, 0.25) is 29.5 Å². The zero-order valence-electron chi connectivity index (χ0n) is 41.6. The van der Waals surface area contributed by atoms with Crippen molar-refractivity contribution in [3.63, 3.8) is 0 Å². The maximum Gasteiger partial charge on any atom is 0.306 e. The number of nitrogens with one attached hydrogen (secondary N) is 4. The number of aliphatic carboxylic acids is 1. The Morgan fingerprint density at radius 3 is 1.96 bits per heavy atom. The normalized spacial score (nSPS) is 18.8. The van der Waals surface area contributed by atoms with Crippen LogP contribution in [0.1, 0.15) is 158 Å². The summed E-state index contributed by atoms with van der Waals surface area (Å²) in [6.45, 7) is 14.0. The number of carboxylic acids is 1. The van der Waals surface area contributed by atoms with Crippen LogP contribution in [0.2, 0.25) is 0 Å². The number of nitrogens with two attached hydrogens (primary N) is 2. The van der Waals surface area contributed by atoms with Crippen molar-refractivity contribution in [2.45, 2.75) is 182 Å². The third-order valence-electron chi connectivity index (χ3n) is 12.8. The van der Waals surface area contributed by atoms with Crippen LogP contribution in [0.4, 0.5) is 0 Å². The number of primary amides is 1. The monoisotopic (exact) mass is 960 g/mol. The van der Waals surface area contributed by atoms with Gasteiger partial charge in [-0.3, -0.25) is 52.7 Å². The lowest BCUT2D eigenvalue weighted by molar-refractivity contribution is -0.145. The second-order valence-corrected chi connectivity index (χ2v) is 20.6. The molecule has 2 fully saturated rings. The largest absolute Gasteiger partial charge is 0.481 e. The summed E-state index contributed by atoms with van der Waals surface area (Å²) in [5.41, 5.74) is 10.8. The van der Waals surface area contributed by atoms with Gasteiger partial charge in [0.15, 0.2) is 23.1 Å². The van der Waals surface area contributed by atoms with Gasteiger partial charge in [0.05, 0.1) is 36.6 Å². The summed E-state index contributed by atoms with van der Waals surface area (Å²) < 4.78 is 0. The molecule has 2 heterocycles. The lowest BCUT2D eigenvalue weighted by atomic mass is 9.88. The Hall–Kier alpha value is -4.91. The fourth-order valence-electron chi connectivity index (χ4n) is 9.00. The van der Waals surface area contributed by atoms with E-state index in [0.717, 1.165) is 0 Å². The molecule has 0 spiro atoms. The van der Waals surface area contributed by atoms with E-state index in [1.54, 1.807) is 0 Å². The molecule has 0 aromatic rings. The highest BCUT2D eigenvalue weighted by molar-refractivity contribution is 5.97. The Labute approximate surface area is 401 Å². The molecule has 19 heteroatoms. The summed E-state index contributed by atoms with van der Waals surface area (Å²) >= 11 is 0. The van der Waals surface area contributed by atoms with Crippen LogP contribution < -0.4 is 32.7 Å². The van der Waals surface area contributed by atoms with Crippen molar-refractivity contribution in [2.24, 2.45) is 46.5 Å². The number of carbonyl (C=O) groups excluding carboxylic acids is 10. The molecule has 0 aromatic heterocycles. The Kier molecular flexibility index (Phi) is 25.4. The molecule has 5 amide bonds. The van der Waals surface area contributed by atoms with Crippen molar-refractivity contribution in [3.05, 3.63) is 0 Å². The number of rotatable bonds is 34. The molecule has 0 aromatic carbocycles. The Morgan fingerprint density at radius 2 is 1.38 bits per heavy atom. The predicted molar refractivity (Wildman–Crippen MR) is 253 cm³/mol. The number of carbonyl (C=O) groups is 11. The number of likely N-dealkylation sites (tertiary alicyclic amines) is 1. The highest BCUT2D eigenvalue weighted by Gasteiger charge is 2.37. The minimum atomic E-state index is -1.14. The molecule has 19 nitrogen and oxygen atoms in total. The second-order valence-electron chi connectivity index (χ2n) is 20.6. The van der Waals surface area contributed by atoms with Crippen molar-refractivity contribution in [1.82, 2.24) is 26.2 Å². The van der Waals surface area contributed by atoms with E-state index in [9.17, 15) is 57.8 Å². The van der Waals surface area contributed by atoms with Gasteiger partial charge in [-0.15, -0.1) is 0 Å². The van der Waals surface area contributed by atoms with Gasteiger partial charge in [0.25, 0.3) is 0 Å². The third-order valence-corrected chi connectivity index (χ3v) is 12.8. The number of ketones is 5. The smallest absolute Gasteiger partial charge is 0.306 e. The van der Waals surface area contributed by atoms with Crippen LogP contribution in [0.15, 0.2) is 0 Å². The van der Waals surface area contributed by atoms with Crippen molar-refractivity contribution in [2.75, 3.05) is 26.2 Å². The van der Waals surface area contributed by atoms with E-state index in [-0.39, 0.29) is 105 Å². The fourth-order valence-corrected chi connectivity index (χ4v) is 9.00. The first-order chi connectivity index (χ1) is 31.8. The number of nitrogens with zero attached hydrogens (tertiary/aromatic N) is 1. The SMILES string of the molecule is CC(C)C[C@H](CC(=O)[C@H](CCC(N)=O)NC(=O)CCC(=O)[C@@H]1CC(C)(C)CN1)C(=O)NCC(=O)C[C@@H](CC(C)C)C(=O)N[C@@H](C)C(=O)CCC(=O)N1CCC[C@H]1C(=O)C[C@@H](CCCCN)C(=O)O. The first-order valence-corrected chi connectivity index (χ1v) is 24.6. The zero-order valence-corrected chi connectivity index (χ0v) is 41.6. The highest BCUT2D eigenvalue weighted by atomic mass is 16.4. The van der Waals surface area contributed by atoms with Gasteiger partial charge in [-0.25, -0.2) is 0 Å². The molecule has 2 saturated heterocycles. The van der Waals surface area contributed by atoms with E-state index >= 15 is 0 Å². The van der Waals surface area contributed by atoms with Crippen LogP contribution in [-0.4, -0.2) is 125 Å². The lowest BCUT2D eigenvalue weighted by Gasteiger charge is -2.25. The van der Waals surface area contributed by atoms with Crippen LogP contribution >= 0.6 is 0 Å². The Balaban J connectivity index is 1.98. The van der Waals surface area contributed by atoms with Gasteiger partial charge in [0, 0.05) is 76.3 Å². The average Bonchev–Trinajstić information content (AvgIpc) is 3.90. The molecule has 0 bridgehead atoms.